The molecule has 3 aromatic rings. The number of carboxylic acid groups (broad SMARTS) is 4. The number of nitro groups is 1. The zero-order valence-electron chi connectivity index (χ0n) is 56.9. The molecule has 0 aliphatic carbocycles. The van der Waals surface area contributed by atoms with Crippen molar-refractivity contribution >= 4 is 88.4 Å². The summed E-state index contributed by atoms with van der Waals surface area (Å²) in [6.45, 7) is 0.961. The summed E-state index contributed by atoms with van der Waals surface area (Å²) < 4.78 is 16.7. The summed E-state index contributed by atoms with van der Waals surface area (Å²) in [6.07, 6.45) is -25.9. The number of carboxylic acids is 4. The largest absolute Gasteiger partial charge is 0.502 e. The van der Waals surface area contributed by atoms with Crippen LogP contribution in [-0.4, -0.2) is 278 Å². The molecule has 23 N–H and O–H groups in total. The Kier molecular flexibility index (Phi) is 31.1. The van der Waals surface area contributed by atoms with E-state index in [-0.39, 0.29) is 49.0 Å². The number of amides is 9. The Morgan fingerprint density at radius 3 is 1.76 bits per heavy atom. The second-order valence-electron chi connectivity index (χ2n) is 25.6. The van der Waals surface area contributed by atoms with Crippen LogP contribution in [0.25, 0.3) is 0 Å². The highest BCUT2D eigenvalue weighted by Gasteiger charge is 2.52. The van der Waals surface area contributed by atoms with E-state index in [1.54, 1.807) is 50.2 Å². The number of carbonyl (C=O) groups excluding carboxylic acids is 9. The second kappa shape index (κ2) is 39.0. The Morgan fingerprint density at radius 2 is 1.16 bits per heavy atom. The molecule has 3 heterocycles. The van der Waals surface area contributed by atoms with Crippen LogP contribution in [-0.2, 0) is 84.6 Å². The molecule has 3 fully saturated rings. The molecule has 6 rings (SSSR count). The highest BCUT2D eigenvalue weighted by Crippen LogP contribution is 2.31. The Hall–Kier alpha value is -10.5. The SMILES string of the molecule is CC(C)C[C@H](NC(=O)[C@@H]1CCCN1C(=O)[C@H](CC(=O)N[C@@H]1O[C@H](CO)[C@@H](O[C@@H]2O[C@H](CO)[C@H](O)[C@H](O)[C@H]2O)[C@H](O)[C@H]1O)NC(=O)[C@H](Cc1ccccc1)NC(=O)c1ccccc1[NH3+])C(=O)N[C@@H](CC(=O)O)C(=O)N[C@@H](CCC(=O)O)C(=O)N[C@@H](Cc1ccc(O)c([N+](=O)[O-])c1)C(=O)N[C@@H](CC(=O)O)C(=O)O. The molecule has 0 bridgehead atoms. The van der Waals surface area contributed by atoms with Gasteiger partial charge in [-0.05, 0) is 60.9 Å². The molecule has 0 aromatic heterocycles. The number of rotatable bonds is 37. The van der Waals surface area contributed by atoms with Gasteiger partial charge in [-0.25, -0.2) is 4.79 Å². The summed E-state index contributed by atoms with van der Waals surface area (Å²) in [5.41, 5.74) is 3.58. The van der Waals surface area contributed by atoms with E-state index in [0.717, 1.165) is 23.1 Å². The van der Waals surface area contributed by atoms with E-state index in [0.29, 0.717) is 5.56 Å². The van der Waals surface area contributed by atoms with Crippen LogP contribution < -0.4 is 48.3 Å². The van der Waals surface area contributed by atoms with Gasteiger partial charge in [-0.2, -0.15) is 0 Å². The summed E-state index contributed by atoms with van der Waals surface area (Å²) >= 11 is 0. The fourth-order valence-electron chi connectivity index (χ4n) is 11.8. The molecule has 3 aliphatic rings. The molecule has 9 amide bonds. The molecule has 0 saturated carbocycles. The maximum Gasteiger partial charge on any atom is 0.326 e. The minimum atomic E-state index is -2.20. The predicted molar refractivity (Wildman–Crippen MR) is 353 cm³/mol. The first-order valence-electron chi connectivity index (χ1n) is 33.1. The lowest BCUT2D eigenvalue weighted by atomic mass is 9.96. The van der Waals surface area contributed by atoms with Crippen LogP contribution in [0.4, 0.5) is 11.4 Å². The zero-order chi connectivity index (χ0) is 78.5. The van der Waals surface area contributed by atoms with Gasteiger partial charge in [0.2, 0.25) is 47.3 Å². The number of likely N-dealkylation sites (tertiary alicyclic amines) is 1. The molecule has 0 spiro atoms. The highest BCUT2D eigenvalue weighted by atomic mass is 16.7. The van der Waals surface area contributed by atoms with Crippen molar-refractivity contribution in [2.45, 2.75) is 188 Å². The van der Waals surface area contributed by atoms with Crippen molar-refractivity contribution in [3.05, 3.63) is 99.6 Å². The zero-order valence-corrected chi connectivity index (χ0v) is 56.9. The number of nitro benzene ring substituents is 1. The smallest absolute Gasteiger partial charge is 0.326 e. The van der Waals surface area contributed by atoms with Gasteiger partial charge >= 0.3 is 29.6 Å². The number of carbonyl (C=O) groups is 13. The van der Waals surface area contributed by atoms with E-state index < -0.39 is 261 Å². The minimum Gasteiger partial charge on any atom is -0.502 e. The van der Waals surface area contributed by atoms with E-state index in [2.05, 4.69) is 43.0 Å². The third-order valence-electron chi connectivity index (χ3n) is 17.3. The van der Waals surface area contributed by atoms with E-state index >= 15 is 4.79 Å². The Bertz CT molecular complexity index is 3680. The number of nitrogens with zero attached hydrogens (tertiary/aromatic N) is 2. The number of aliphatic carboxylic acids is 4. The highest BCUT2D eigenvalue weighted by molar-refractivity contribution is 6.02. The number of hydrogen-bond acceptors (Lipinski definition) is 26. The summed E-state index contributed by atoms with van der Waals surface area (Å²) in [7, 11) is 0. The van der Waals surface area contributed by atoms with Crippen LogP contribution >= 0.6 is 0 Å². The van der Waals surface area contributed by atoms with Crippen molar-refractivity contribution < 1.29 is 148 Å². The molecule has 0 radical (unpaired) electrons. The minimum absolute atomic E-state index is 0.0413. The number of quaternary nitrogens is 1. The van der Waals surface area contributed by atoms with Gasteiger partial charge in [-0.3, -0.25) is 67.6 Å². The quantitative estimate of drug-likeness (QED) is 0.0188. The van der Waals surface area contributed by atoms with Crippen LogP contribution in [0.3, 0.4) is 0 Å². The van der Waals surface area contributed by atoms with Crippen LogP contribution in [0.15, 0.2) is 72.8 Å². The number of aromatic hydroxyl groups is 1. The van der Waals surface area contributed by atoms with Crippen molar-refractivity contribution in [2.75, 3.05) is 19.8 Å². The van der Waals surface area contributed by atoms with Crippen molar-refractivity contribution in [2.24, 2.45) is 5.92 Å². The Labute approximate surface area is 601 Å². The molecule has 3 aromatic carbocycles. The Morgan fingerprint density at radius 1 is 0.604 bits per heavy atom. The maximum atomic E-state index is 15.2. The van der Waals surface area contributed by atoms with Gasteiger partial charge in [0.1, 0.15) is 103 Å². The van der Waals surface area contributed by atoms with E-state index in [9.17, 15) is 129 Å². The van der Waals surface area contributed by atoms with E-state index in [4.69, 9.17) is 14.2 Å². The lowest BCUT2D eigenvalue weighted by molar-refractivity contribution is -0.385. The topological polar surface area (TPSA) is 663 Å². The molecular formula is C65H86N11O30+. The molecule has 41 heteroatoms. The number of aliphatic hydroxyl groups is 7. The molecule has 41 nitrogen and oxygen atoms in total. The maximum absolute atomic E-state index is 15.2. The summed E-state index contributed by atoms with van der Waals surface area (Å²) in [5.74, 6) is -19.3. The van der Waals surface area contributed by atoms with Gasteiger partial charge in [0, 0.05) is 31.9 Å². The van der Waals surface area contributed by atoms with E-state index in [1.165, 1.54) is 18.2 Å². The van der Waals surface area contributed by atoms with Crippen molar-refractivity contribution in [1.29, 1.82) is 0 Å². The molecule has 0 unspecified atom stereocenters. The lowest BCUT2D eigenvalue weighted by Gasteiger charge is -2.46. The number of aliphatic hydroxyl groups excluding tert-OH is 7. The summed E-state index contributed by atoms with van der Waals surface area (Å²) in [4.78, 5) is 189. The van der Waals surface area contributed by atoms with Gasteiger partial charge in [-0.1, -0.05) is 62.4 Å². The number of benzene rings is 3. The average Bonchev–Trinajstić information content (AvgIpc) is 1.11. The van der Waals surface area contributed by atoms with Gasteiger partial charge in [0.25, 0.3) is 5.91 Å². The third-order valence-corrected chi connectivity index (χ3v) is 17.3. The van der Waals surface area contributed by atoms with Crippen molar-refractivity contribution in [1.82, 2.24) is 47.4 Å². The molecule has 18 atom stereocenters. The normalized spacial score (nSPS) is 23.3. The monoisotopic (exact) mass is 1500 g/mol. The first-order chi connectivity index (χ1) is 50.0. The van der Waals surface area contributed by atoms with Crippen LogP contribution in [0, 0.1) is 16.0 Å². The standard InChI is InChI=1S/C65H85N11O30/c1-28(2)19-34(57(94)70-37(24-47(83)84)60(97)67-33(15-17-46(81)82)56(93)69-36(59(96)73-39(64(100)101)25-48(85)86)21-30-14-16-42(79)41(22-30)76(102)103)71-61(98)40-13-8-18-75(40)63(99)38(72-58(95)35(20-29-9-4-3-5-10-29)68-55(92)31-11-6-7-12-32(31)66)23-45(80)74-62-52(90)51(89)54(44(27-78)104-62)106-65-53(91)50(88)49(87)43(26-77)105-65/h3-7,9-12,14,16,22,28,33-40,43-44,49-54,62,65,77-79,87-91H,8,13,15,17-21,23-27,66H2,1-2H3,(H,67,97)(H,68,92)(H,69,93)(H,70,94)(H,71,98)(H,72,95)(H,73,96)(H,74,80)(H,81,82)(H,83,84)(H,85,86)(H,100,101)/p+1/t33-,34-,35-,36-,37-,38-,39-,40-,43+,44+,49-,50-,51+,52+,53+,54+,62+,65-/m0/s1. The number of hydrogen-bond donors (Lipinski definition) is 21. The van der Waals surface area contributed by atoms with Crippen LogP contribution in [0.2, 0.25) is 0 Å². The average molecular weight is 1500 g/mol. The Balaban J connectivity index is 1.26. The van der Waals surface area contributed by atoms with Gasteiger partial charge in [0.05, 0.1) is 43.0 Å². The van der Waals surface area contributed by atoms with E-state index in [1.807, 2.05) is 5.32 Å². The second-order valence-corrected chi connectivity index (χ2v) is 25.6. The van der Waals surface area contributed by atoms with Gasteiger partial charge in [-0.15, -0.1) is 0 Å². The van der Waals surface area contributed by atoms with Crippen molar-refractivity contribution in [3.8, 4) is 5.75 Å². The molecule has 3 aliphatic heterocycles. The predicted octanol–water partition coefficient (Wildman–Crippen LogP) is -7.27. The van der Waals surface area contributed by atoms with Gasteiger partial charge < -0.3 is 129 Å². The molecule has 106 heavy (non-hydrogen) atoms. The first kappa shape index (κ1) is 84.5. The summed E-state index contributed by atoms with van der Waals surface area (Å²) in [6, 6.07) is 1.58. The summed E-state index contributed by atoms with van der Waals surface area (Å²) in [5, 5.41) is 153. The lowest BCUT2D eigenvalue weighted by Crippen LogP contribution is -2.66. The van der Waals surface area contributed by atoms with Crippen LogP contribution in [0.1, 0.15) is 86.7 Å². The number of phenolic OH excluding ortho intramolecular Hbond substituents is 1. The molecule has 580 valence electrons. The number of nitrogens with one attached hydrogen (secondary N) is 8. The fraction of sp³-hybridized carbons (Fsp3) is 0.523. The van der Waals surface area contributed by atoms with Gasteiger partial charge in [0.15, 0.2) is 18.3 Å². The van der Waals surface area contributed by atoms with Crippen molar-refractivity contribution in [3.63, 3.8) is 0 Å². The first-order valence-corrected chi connectivity index (χ1v) is 33.1. The van der Waals surface area contributed by atoms with Crippen LogP contribution in [0.5, 0.6) is 5.75 Å². The third kappa shape index (κ3) is 23.5. The fourth-order valence-corrected chi connectivity index (χ4v) is 11.8. The molecular weight excluding hydrogens is 1410 g/mol. The number of phenols is 1. The number of ether oxygens (including phenoxy) is 3. The molecule has 3 saturated heterocycles.